The van der Waals surface area contributed by atoms with Gasteiger partial charge in [0.15, 0.2) is 0 Å². The number of aromatic amines is 1. The molecule has 4 aromatic heterocycles. The molecule has 244 valence electrons. The molecule has 0 unspecified atom stereocenters. The van der Waals surface area contributed by atoms with E-state index >= 15 is 0 Å². The molecule has 10 aromatic rings. The lowest BCUT2D eigenvalue weighted by atomic mass is 9.86. The van der Waals surface area contributed by atoms with Crippen LogP contribution in [0.5, 0.6) is 0 Å². The average molecular weight is 658 g/mol. The zero-order chi connectivity index (χ0) is 34.3. The number of benzene rings is 6. The first-order valence-electron chi connectivity index (χ1n) is 17.5. The first-order chi connectivity index (χ1) is 24.9. The monoisotopic (exact) mass is 657 g/mol. The molecule has 0 fully saturated rings. The van der Waals surface area contributed by atoms with Gasteiger partial charge in [-0.25, -0.2) is 9.97 Å². The Bertz CT molecular complexity index is 2900. The normalized spacial score (nSPS) is 12.2. The number of hydrogen-bond donors (Lipinski definition) is 1. The van der Waals surface area contributed by atoms with E-state index in [1.165, 1.54) is 21.7 Å². The molecule has 0 spiro atoms. The highest BCUT2D eigenvalue weighted by Crippen LogP contribution is 2.40. The lowest BCUT2D eigenvalue weighted by Gasteiger charge is -2.18. The van der Waals surface area contributed by atoms with Gasteiger partial charge in [-0.1, -0.05) is 99.6 Å². The number of aromatic nitrogens is 5. The molecule has 0 atom stereocenters. The third-order valence-electron chi connectivity index (χ3n) is 10.3. The number of nitrogens with one attached hydrogen (secondary N) is 1. The van der Waals surface area contributed by atoms with Crippen molar-refractivity contribution in [1.29, 1.82) is 0 Å². The number of pyridine rings is 1. The molecule has 0 amide bonds. The highest BCUT2D eigenvalue weighted by Gasteiger charge is 2.22. The van der Waals surface area contributed by atoms with Crippen molar-refractivity contribution in [3.05, 3.63) is 157 Å². The van der Waals surface area contributed by atoms with E-state index in [9.17, 15) is 0 Å². The van der Waals surface area contributed by atoms with E-state index in [2.05, 4.69) is 174 Å². The summed E-state index contributed by atoms with van der Waals surface area (Å²) >= 11 is 0. The summed E-state index contributed by atoms with van der Waals surface area (Å²) in [6, 6.07) is 51.9. The number of imidazole rings is 1. The van der Waals surface area contributed by atoms with Crippen LogP contribution in [0.1, 0.15) is 26.3 Å². The quantitative estimate of drug-likeness (QED) is 0.205. The Morgan fingerprint density at radius 3 is 2.16 bits per heavy atom. The average Bonchev–Trinajstić information content (AvgIpc) is 3.84. The van der Waals surface area contributed by atoms with Gasteiger partial charge in [-0.2, -0.15) is 0 Å². The summed E-state index contributed by atoms with van der Waals surface area (Å²) in [5, 5.41) is 4.78. The summed E-state index contributed by atoms with van der Waals surface area (Å²) in [6.45, 7) is 6.80. The van der Waals surface area contributed by atoms with E-state index in [1.807, 2.05) is 12.3 Å². The number of fused-ring (bicyclic) bond motifs is 7. The van der Waals surface area contributed by atoms with Crippen molar-refractivity contribution in [1.82, 2.24) is 24.1 Å². The van der Waals surface area contributed by atoms with Crippen molar-refractivity contribution < 1.29 is 0 Å². The van der Waals surface area contributed by atoms with Crippen LogP contribution >= 0.6 is 0 Å². The SMILES string of the molecule is CC(C)(C)c1ccc2[nH]c3c(-c4nc5c(-c6cccc(-n7c8ccccc8c8cccnc87)c6)cccc5n4-c4ccccc4)cccc3c2c1. The summed E-state index contributed by atoms with van der Waals surface area (Å²) in [4.78, 5) is 14.1. The van der Waals surface area contributed by atoms with Gasteiger partial charge in [-0.05, 0) is 83.3 Å². The molecule has 51 heavy (non-hydrogen) atoms. The van der Waals surface area contributed by atoms with Gasteiger partial charge < -0.3 is 4.98 Å². The number of H-pyrrole nitrogens is 1. The molecule has 5 heteroatoms. The van der Waals surface area contributed by atoms with Crippen LogP contribution in [-0.4, -0.2) is 24.1 Å². The number of hydrogen-bond acceptors (Lipinski definition) is 2. The predicted molar refractivity (Wildman–Crippen MR) is 212 cm³/mol. The number of nitrogens with zero attached hydrogens (tertiary/aromatic N) is 4. The van der Waals surface area contributed by atoms with Gasteiger partial charge in [0.25, 0.3) is 0 Å². The summed E-state index contributed by atoms with van der Waals surface area (Å²) < 4.78 is 4.57. The molecule has 0 aliphatic carbocycles. The first kappa shape index (κ1) is 29.5. The fourth-order valence-corrected chi connectivity index (χ4v) is 7.80. The topological polar surface area (TPSA) is 51.4 Å². The van der Waals surface area contributed by atoms with Gasteiger partial charge in [-0.3, -0.25) is 9.13 Å². The van der Waals surface area contributed by atoms with Crippen LogP contribution in [0, 0.1) is 0 Å². The van der Waals surface area contributed by atoms with Crippen molar-refractivity contribution >= 4 is 54.8 Å². The van der Waals surface area contributed by atoms with Crippen molar-refractivity contribution in [2.75, 3.05) is 0 Å². The van der Waals surface area contributed by atoms with E-state index in [-0.39, 0.29) is 5.41 Å². The molecule has 1 N–H and O–H groups in total. The lowest BCUT2D eigenvalue weighted by molar-refractivity contribution is 0.591. The summed E-state index contributed by atoms with van der Waals surface area (Å²) in [7, 11) is 0. The number of para-hydroxylation sites is 4. The van der Waals surface area contributed by atoms with Gasteiger partial charge in [0, 0.05) is 55.8 Å². The van der Waals surface area contributed by atoms with Crippen molar-refractivity contribution in [2.24, 2.45) is 0 Å². The van der Waals surface area contributed by atoms with E-state index in [0.717, 1.165) is 72.5 Å². The second-order valence-corrected chi connectivity index (χ2v) is 14.4. The minimum Gasteiger partial charge on any atom is -0.354 e. The van der Waals surface area contributed by atoms with Gasteiger partial charge in [0.05, 0.1) is 22.1 Å². The van der Waals surface area contributed by atoms with Gasteiger partial charge in [0.2, 0.25) is 0 Å². The zero-order valence-electron chi connectivity index (χ0n) is 28.7. The third kappa shape index (κ3) is 4.55. The minimum atomic E-state index is 0.0580. The fraction of sp³-hybridized carbons (Fsp3) is 0.0870. The third-order valence-corrected chi connectivity index (χ3v) is 10.3. The Morgan fingerprint density at radius 2 is 1.27 bits per heavy atom. The maximum Gasteiger partial charge on any atom is 0.147 e. The summed E-state index contributed by atoms with van der Waals surface area (Å²) in [5.41, 5.74) is 13.1. The van der Waals surface area contributed by atoms with Gasteiger partial charge >= 0.3 is 0 Å². The van der Waals surface area contributed by atoms with Crippen LogP contribution in [0.15, 0.2) is 152 Å². The molecule has 0 radical (unpaired) electrons. The van der Waals surface area contributed by atoms with Crippen molar-refractivity contribution in [2.45, 2.75) is 26.2 Å². The van der Waals surface area contributed by atoms with E-state index in [1.54, 1.807) is 0 Å². The molecule has 0 aliphatic rings. The Hall–Kier alpha value is -6.46. The molecule has 0 bridgehead atoms. The smallest absolute Gasteiger partial charge is 0.147 e. The molecule has 0 saturated heterocycles. The van der Waals surface area contributed by atoms with E-state index < -0.39 is 0 Å². The first-order valence-corrected chi connectivity index (χ1v) is 17.5. The number of rotatable bonds is 4. The van der Waals surface area contributed by atoms with Crippen molar-refractivity contribution in [3.8, 4) is 33.9 Å². The van der Waals surface area contributed by atoms with Crippen LogP contribution in [0.4, 0.5) is 0 Å². The van der Waals surface area contributed by atoms with Gasteiger partial charge in [0.1, 0.15) is 11.5 Å². The Labute approximate surface area is 295 Å². The second kappa shape index (κ2) is 11.0. The Morgan fingerprint density at radius 1 is 0.549 bits per heavy atom. The molecule has 0 saturated carbocycles. The highest BCUT2D eigenvalue weighted by molar-refractivity contribution is 6.12. The molecule has 0 aliphatic heterocycles. The van der Waals surface area contributed by atoms with Crippen LogP contribution < -0.4 is 0 Å². The van der Waals surface area contributed by atoms with E-state index in [0.29, 0.717) is 0 Å². The molecule has 10 rings (SSSR count). The highest BCUT2D eigenvalue weighted by atomic mass is 15.1. The van der Waals surface area contributed by atoms with Crippen LogP contribution in [0.25, 0.3) is 88.7 Å². The maximum atomic E-state index is 5.53. The second-order valence-electron chi connectivity index (χ2n) is 14.4. The molecular formula is C46H35N5. The predicted octanol–water partition coefficient (Wildman–Crippen LogP) is 11.8. The molecule has 5 nitrogen and oxygen atoms in total. The van der Waals surface area contributed by atoms with E-state index in [4.69, 9.17) is 9.97 Å². The summed E-state index contributed by atoms with van der Waals surface area (Å²) in [5.74, 6) is 0.902. The van der Waals surface area contributed by atoms with Crippen molar-refractivity contribution in [3.63, 3.8) is 0 Å². The Balaban J connectivity index is 1.21. The molecule has 4 heterocycles. The van der Waals surface area contributed by atoms with Crippen LogP contribution in [-0.2, 0) is 5.41 Å². The minimum absolute atomic E-state index is 0.0580. The zero-order valence-corrected chi connectivity index (χ0v) is 28.7. The molecule has 6 aromatic carbocycles. The lowest BCUT2D eigenvalue weighted by Crippen LogP contribution is -2.10. The largest absolute Gasteiger partial charge is 0.354 e. The van der Waals surface area contributed by atoms with Crippen LogP contribution in [0.3, 0.4) is 0 Å². The maximum absolute atomic E-state index is 5.53. The van der Waals surface area contributed by atoms with Crippen LogP contribution in [0.2, 0.25) is 0 Å². The fourth-order valence-electron chi connectivity index (χ4n) is 7.80. The molecular weight excluding hydrogens is 623 g/mol. The van der Waals surface area contributed by atoms with Gasteiger partial charge in [-0.15, -0.1) is 0 Å². The summed E-state index contributed by atoms with van der Waals surface area (Å²) in [6.07, 6.45) is 1.87. The standard InChI is InChI=1S/C46H35N5/c1-46(2,3)30-24-25-39-38(28-30)35-19-10-20-37(42(35)48-39)45-49-43-33(18-11-23-41(43)50(45)31-14-5-4-6-15-31)29-13-9-16-32(27-29)51-40-22-8-7-17-34(40)36-21-12-26-47-44(36)51/h4-28,48H,1-3H3. The Kier molecular flexibility index (Phi) is 6.37.